The Morgan fingerprint density at radius 3 is 2.38 bits per heavy atom. The molecule has 1 N–H and O–H groups in total. The summed E-state index contributed by atoms with van der Waals surface area (Å²) in [6, 6.07) is 14.1. The molecule has 0 spiro atoms. The van der Waals surface area contributed by atoms with Crippen LogP contribution in [0.2, 0.25) is 5.02 Å². The molecule has 2 aromatic carbocycles. The van der Waals surface area contributed by atoms with Crippen molar-refractivity contribution in [2.75, 3.05) is 30.8 Å². The third kappa shape index (κ3) is 9.14. The van der Waals surface area contributed by atoms with Gasteiger partial charge in [0.15, 0.2) is 0 Å². The molecule has 0 heterocycles. The van der Waals surface area contributed by atoms with Crippen molar-refractivity contribution in [2.24, 2.45) is 0 Å². The number of ether oxygens (including phenoxy) is 1. The van der Waals surface area contributed by atoms with Crippen molar-refractivity contribution in [1.82, 2.24) is 10.2 Å². The molecular weight excluding hydrogens is 538 g/mol. The maximum atomic E-state index is 13.4. The molecule has 2 amide bonds. The summed E-state index contributed by atoms with van der Waals surface area (Å²) >= 11 is 6.22. The number of hydrogen-bond acceptors (Lipinski definition) is 5. The molecule has 1 atom stereocenters. The van der Waals surface area contributed by atoms with E-state index in [0.717, 1.165) is 37.5 Å². The second-order valence-electron chi connectivity index (χ2n) is 10.1. The fourth-order valence-corrected chi connectivity index (χ4v) is 6.16. The van der Waals surface area contributed by atoms with Crippen LogP contribution in [0.3, 0.4) is 0 Å². The minimum atomic E-state index is -3.62. The SMILES string of the molecule is COc1ccc(N(CCCC(=O)N(CCc2ccccc2)C(C)C(=O)NC2CCCCC2)S(C)(=O)=O)cc1Cl. The summed E-state index contributed by atoms with van der Waals surface area (Å²) in [4.78, 5) is 28.2. The molecular formula is C29H40ClN3O5S. The van der Waals surface area contributed by atoms with Gasteiger partial charge in [0, 0.05) is 25.6 Å². The molecule has 1 unspecified atom stereocenters. The Morgan fingerprint density at radius 1 is 1.08 bits per heavy atom. The largest absolute Gasteiger partial charge is 0.495 e. The molecule has 1 aliphatic rings. The molecule has 39 heavy (non-hydrogen) atoms. The standard InChI is InChI=1S/C29H40ClN3O5S/c1-22(29(35)31-24-13-8-5-9-14-24)32(20-18-23-11-6-4-7-12-23)28(34)15-10-19-33(39(3,36)37)25-16-17-27(38-2)26(30)21-25/h4,6-7,11-12,16-17,21-22,24H,5,8-10,13-15,18-20H2,1-3H3,(H,31,35). The lowest BCUT2D eigenvalue weighted by Crippen LogP contribution is -2.51. The summed E-state index contributed by atoms with van der Waals surface area (Å²) in [7, 11) is -2.13. The topological polar surface area (TPSA) is 96.0 Å². The molecule has 0 radical (unpaired) electrons. The van der Waals surface area contributed by atoms with Gasteiger partial charge in [-0.05, 0) is 56.4 Å². The van der Waals surface area contributed by atoms with E-state index < -0.39 is 16.1 Å². The van der Waals surface area contributed by atoms with Gasteiger partial charge in [-0.25, -0.2) is 8.42 Å². The van der Waals surface area contributed by atoms with Crippen molar-refractivity contribution in [1.29, 1.82) is 0 Å². The number of benzene rings is 2. The van der Waals surface area contributed by atoms with Crippen LogP contribution in [0.1, 0.15) is 57.4 Å². The Labute approximate surface area is 237 Å². The van der Waals surface area contributed by atoms with E-state index in [1.165, 1.54) is 23.9 Å². The predicted octanol–water partition coefficient (Wildman–Crippen LogP) is 4.80. The van der Waals surface area contributed by atoms with Crippen LogP contribution >= 0.6 is 11.6 Å². The number of amides is 2. The Morgan fingerprint density at radius 2 is 1.77 bits per heavy atom. The van der Waals surface area contributed by atoms with E-state index in [1.54, 1.807) is 24.0 Å². The Balaban J connectivity index is 1.69. The van der Waals surface area contributed by atoms with Crippen molar-refractivity contribution in [3.63, 3.8) is 0 Å². The summed E-state index contributed by atoms with van der Waals surface area (Å²) in [6.45, 7) is 2.26. The minimum Gasteiger partial charge on any atom is -0.495 e. The minimum absolute atomic E-state index is 0.0996. The van der Waals surface area contributed by atoms with Crippen LogP contribution in [-0.2, 0) is 26.0 Å². The van der Waals surface area contributed by atoms with Crippen LogP contribution in [0.4, 0.5) is 5.69 Å². The quantitative estimate of drug-likeness (QED) is 0.369. The number of carbonyl (C=O) groups is 2. The number of nitrogens with zero attached hydrogens (tertiary/aromatic N) is 2. The Hall–Kier alpha value is -2.78. The molecule has 1 aliphatic carbocycles. The van der Waals surface area contributed by atoms with Crippen LogP contribution < -0.4 is 14.4 Å². The number of nitrogens with one attached hydrogen (secondary N) is 1. The van der Waals surface area contributed by atoms with E-state index in [-0.39, 0.29) is 37.2 Å². The van der Waals surface area contributed by atoms with Crippen molar-refractivity contribution < 1.29 is 22.7 Å². The number of hydrogen-bond donors (Lipinski definition) is 1. The van der Waals surface area contributed by atoms with E-state index in [9.17, 15) is 18.0 Å². The summed E-state index contributed by atoms with van der Waals surface area (Å²) in [5.74, 6) is 0.117. The lowest BCUT2D eigenvalue weighted by Gasteiger charge is -2.31. The van der Waals surface area contributed by atoms with Gasteiger partial charge in [-0.1, -0.05) is 61.2 Å². The molecule has 214 valence electrons. The first-order chi connectivity index (χ1) is 18.6. The number of sulfonamides is 1. The average molecular weight is 578 g/mol. The van der Waals surface area contributed by atoms with E-state index in [0.29, 0.717) is 29.4 Å². The third-order valence-corrected chi connectivity index (χ3v) is 8.67. The van der Waals surface area contributed by atoms with E-state index in [1.807, 2.05) is 30.3 Å². The predicted molar refractivity (Wildman–Crippen MR) is 156 cm³/mol. The van der Waals surface area contributed by atoms with Gasteiger partial charge < -0.3 is 15.0 Å². The van der Waals surface area contributed by atoms with Crippen LogP contribution in [0.15, 0.2) is 48.5 Å². The fourth-order valence-electron chi connectivity index (χ4n) is 4.95. The van der Waals surface area contributed by atoms with Crippen LogP contribution in [0.5, 0.6) is 5.75 Å². The first-order valence-corrected chi connectivity index (χ1v) is 15.8. The van der Waals surface area contributed by atoms with Gasteiger partial charge in [0.05, 0.1) is 24.1 Å². The van der Waals surface area contributed by atoms with Crippen LogP contribution in [-0.4, -0.2) is 63.7 Å². The number of carbonyl (C=O) groups excluding carboxylic acids is 2. The van der Waals surface area contributed by atoms with Crippen molar-refractivity contribution in [3.05, 3.63) is 59.1 Å². The zero-order valence-corrected chi connectivity index (χ0v) is 24.6. The number of methoxy groups -OCH3 is 1. The highest BCUT2D eigenvalue weighted by molar-refractivity contribution is 7.92. The summed E-state index contributed by atoms with van der Waals surface area (Å²) in [5.41, 5.74) is 1.48. The Kier molecular flexibility index (Phi) is 11.5. The molecule has 0 aliphatic heterocycles. The van der Waals surface area contributed by atoms with E-state index in [4.69, 9.17) is 16.3 Å². The molecule has 8 nitrogen and oxygen atoms in total. The second-order valence-corrected chi connectivity index (χ2v) is 12.4. The van der Waals surface area contributed by atoms with Gasteiger partial charge in [-0.3, -0.25) is 13.9 Å². The zero-order valence-electron chi connectivity index (χ0n) is 23.1. The molecule has 10 heteroatoms. The van der Waals surface area contributed by atoms with Gasteiger partial charge in [0.2, 0.25) is 21.8 Å². The van der Waals surface area contributed by atoms with Gasteiger partial charge in [0.25, 0.3) is 0 Å². The second kappa shape index (κ2) is 14.6. The number of anilines is 1. The lowest BCUT2D eigenvalue weighted by molar-refractivity contribution is -0.140. The van der Waals surface area contributed by atoms with E-state index >= 15 is 0 Å². The maximum Gasteiger partial charge on any atom is 0.242 e. The molecule has 2 aromatic rings. The van der Waals surface area contributed by atoms with Gasteiger partial charge >= 0.3 is 0 Å². The molecule has 0 bridgehead atoms. The van der Waals surface area contributed by atoms with Crippen molar-refractivity contribution in [3.8, 4) is 5.75 Å². The molecule has 1 saturated carbocycles. The molecule has 1 fully saturated rings. The molecule has 0 saturated heterocycles. The monoisotopic (exact) mass is 577 g/mol. The lowest BCUT2D eigenvalue weighted by atomic mass is 9.95. The van der Waals surface area contributed by atoms with Gasteiger partial charge in [0.1, 0.15) is 11.8 Å². The molecule has 3 rings (SSSR count). The smallest absolute Gasteiger partial charge is 0.242 e. The third-order valence-electron chi connectivity index (χ3n) is 7.18. The summed E-state index contributed by atoms with van der Waals surface area (Å²) in [6.07, 6.45) is 7.46. The van der Waals surface area contributed by atoms with Crippen LogP contribution in [0, 0.1) is 0 Å². The average Bonchev–Trinajstić information content (AvgIpc) is 2.91. The van der Waals surface area contributed by atoms with Crippen molar-refractivity contribution in [2.45, 2.75) is 70.4 Å². The van der Waals surface area contributed by atoms with Gasteiger partial charge in [-0.15, -0.1) is 0 Å². The summed E-state index contributed by atoms with van der Waals surface area (Å²) < 4.78 is 31.5. The van der Waals surface area contributed by atoms with Crippen molar-refractivity contribution >= 4 is 39.1 Å². The normalized spacial score (nSPS) is 14.9. The number of halogens is 1. The number of rotatable bonds is 13. The highest BCUT2D eigenvalue weighted by Crippen LogP contribution is 2.30. The maximum absolute atomic E-state index is 13.4. The molecule has 0 aromatic heterocycles. The highest BCUT2D eigenvalue weighted by atomic mass is 35.5. The van der Waals surface area contributed by atoms with Crippen LogP contribution in [0.25, 0.3) is 0 Å². The van der Waals surface area contributed by atoms with Gasteiger partial charge in [-0.2, -0.15) is 0 Å². The summed E-state index contributed by atoms with van der Waals surface area (Å²) in [5, 5.41) is 3.44. The zero-order chi connectivity index (χ0) is 28.4. The highest BCUT2D eigenvalue weighted by Gasteiger charge is 2.28. The van der Waals surface area contributed by atoms with E-state index in [2.05, 4.69) is 5.32 Å². The Bertz CT molecular complexity index is 1200. The first kappa shape index (κ1) is 30.8. The first-order valence-electron chi connectivity index (χ1n) is 13.5. The fraction of sp³-hybridized carbons (Fsp3) is 0.517.